The Morgan fingerprint density at radius 1 is 1.29 bits per heavy atom. The van der Waals surface area contributed by atoms with Crippen molar-refractivity contribution in [3.05, 3.63) is 52.5 Å². The molecule has 110 valence electrons. The molecular formula is C16H17BrN2O2. The number of para-hydroxylation sites is 2. The largest absolute Gasteiger partial charge is 0.491 e. The second kappa shape index (κ2) is 7.13. The van der Waals surface area contributed by atoms with Crippen LogP contribution in [0.3, 0.4) is 0 Å². The summed E-state index contributed by atoms with van der Waals surface area (Å²) in [5.74, 6) is 0.436. The number of nitrogen functional groups attached to an aromatic ring is 1. The third-order valence-corrected chi connectivity index (χ3v) is 3.24. The zero-order valence-corrected chi connectivity index (χ0v) is 13.3. The molecule has 3 N–H and O–H groups in total. The summed E-state index contributed by atoms with van der Waals surface area (Å²) in [7, 11) is 0. The summed E-state index contributed by atoms with van der Waals surface area (Å²) in [6, 6.07) is 12.5. The Balaban J connectivity index is 2.19. The van der Waals surface area contributed by atoms with Crippen molar-refractivity contribution in [1.82, 2.24) is 0 Å². The fourth-order valence-electron chi connectivity index (χ4n) is 1.85. The number of halogens is 1. The summed E-state index contributed by atoms with van der Waals surface area (Å²) in [5.41, 5.74) is 7.42. The number of amides is 1. The first-order chi connectivity index (χ1) is 10.1. The molecule has 2 aromatic rings. The van der Waals surface area contributed by atoms with Crippen LogP contribution in [0.15, 0.2) is 46.9 Å². The molecular weight excluding hydrogens is 332 g/mol. The summed E-state index contributed by atoms with van der Waals surface area (Å²) < 4.78 is 6.39. The van der Waals surface area contributed by atoms with Crippen LogP contribution in [0.2, 0.25) is 0 Å². The zero-order chi connectivity index (χ0) is 15.2. The van der Waals surface area contributed by atoms with Gasteiger partial charge in [-0.25, -0.2) is 0 Å². The molecule has 0 aliphatic rings. The van der Waals surface area contributed by atoms with Crippen molar-refractivity contribution in [1.29, 1.82) is 0 Å². The minimum absolute atomic E-state index is 0.226. The van der Waals surface area contributed by atoms with Crippen molar-refractivity contribution in [3.63, 3.8) is 0 Å². The Morgan fingerprint density at radius 2 is 2.05 bits per heavy atom. The van der Waals surface area contributed by atoms with Gasteiger partial charge in [-0.05, 0) is 36.8 Å². The molecule has 0 spiro atoms. The molecule has 2 aromatic carbocycles. The number of nitrogens with two attached hydrogens (primary N) is 1. The van der Waals surface area contributed by atoms with Crippen LogP contribution in [0.25, 0.3) is 0 Å². The van der Waals surface area contributed by atoms with Gasteiger partial charge in [0.05, 0.1) is 12.3 Å². The molecule has 0 fully saturated rings. The van der Waals surface area contributed by atoms with E-state index in [-0.39, 0.29) is 5.91 Å². The van der Waals surface area contributed by atoms with E-state index in [1.807, 2.05) is 31.2 Å². The summed E-state index contributed by atoms with van der Waals surface area (Å²) in [6.45, 7) is 2.64. The van der Waals surface area contributed by atoms with Crippen molar-refractivity contribution in [2.45, 2.75) is 13.3 Å². The van der Waals surface area contributed by atoms with E-state index in [9.17, 15) is 4.79 Å². The number of hydrogen-bond donors (Lipinski definition) is 2. The molecule has 5 heteroatoms. The average molecular weight is 349 g/mol. The second-order valence-corrected chi connectivity index (χ2v) is 5.49. The van der Waals surface area contributed by atoms with E-state index in [1.165, 1.54) is 0 Å². The van der Waals surface area contributed by atoms with Gasteiger partial charge in [0.25, 0.3) is 5.91 Å². The van der Waals surface area contributed by atoms with Crippen LogP contribution in [-0.2, 0) is 0 Å². The van der Waals surface area contributed by atoms with Crippen LogP contribution in [0.4, 0.5) is 11.4 Å². The number of rotatable bonds is 5. The molecule has 2 rings (SSSR count). The molecule has 0 aliphatic carbocycles. The highest BCUT2D eigenvalue weighted by molar-refractivity contribution is 9.10. The topological polar surface area (TPSA) is 64.3 Å². The highest BCUT2D eigenvalue weighted by atomic mass is 79.9. The van der Waals surface area contributed by atoms with Crippen molar-refractivity contribution in [2.24, 2.45) is 0 Å². The molecule has 21 heavy (non-hydrogen) atoms. The summed E-state index contributed by atoms with van der Waals surface area (Å²) >= 11 is 3.33. The van der Waals surface area contributed by atoms with Crippen molar-refractivity contribution in [3.8, 4) is 5.75 Å². The molecule has 0 aromatic heterocycles. The molecule has 0 aliphatic heterocycles. The molecule has 0 saturated heterocycles. The Labute approximate surface area is 132 Å². The maximum absolute atomic E-state index is 12.3. The monoisotopic (exact) mass is 348 g/mol. The zero-order valence-electron chi connectivity index (χ0n) is 11.7. The van der Waals surface area contributed by atoms with Gasteiger partial charge in [0, 0.05) is 15.7 Å². The summed E-state index contributed by atoms with van der Waals surface area (Å²) in [6.07, 6.45) is 0.907. The van der Waals surface area contributed by atoms with Gasteiger partial charge in [0.2, 0.25) is 0 Å². The number of anilines is 2. The number of ether oxygens (including phenoxy) is 1. The average Bonchev–Trinajstić information content (AvgIpc) is 2.45. The van der Waals surface area contributed by atoms with Gasteiger partial charge in [0.1, 0.15) is 5.75 Å². The standard InChI is InChI=1S/C16H17BrN2O2/c1-2-7-21-15-6-4-3-5-14(15)19-16(20)11-8-12(17)10-13(18)9-11/h3-6,8-10H,2,7,18H2,1H3,(H,19,20). The van der Waals surface area contributed by atoms with Gasteiger partial charge in [0.15, 0.2) is 0 Å². The van der Waals surface area contributed by atoms with E-state index < -0.39 is 0 Å². The molecule has 0 radical (unpaired) electrons. The quantitative estimate of drug-likeness (QED) is 0.800. The molecule has 4 nitrogen and oxygen atoms in total. The minimum Gasteiger partial charge on any atom is -0.491 e. The van der Waals surface area contributed by atoms with Gasteiger partial charge < -0.3 is 15.8 Å². The lowest BCUT2D eigenvalue weighted by molar-refractivity contribution is 0.102. The van der Waals surface area contributed by atoms with E-state index in [4.69, 9.17) is 10.5 Å². The van der Waals surface area contributed by atoms with E-state index in [1.54, 1.807) is 18.2 Å². The normalized spacial score (nSPS) is 10.2. The Hall–Kier alpha value is -2.01. The third-order valence-electron chi connectivity index (χ3n) is 2.78. The maximum atomic E-state index is 12.3. The predicted molar refractivity (Wildman–Crippen MR) is 88.7 cm³/mol. The number of hydrogen-bond acceptors (Lipinski definition) is 3. The molecule has 0 unspecified atom stereocenters. The highest BCUT2D eigenvalue weighted by Gasteiger charge is 2.11. The molecule has 0 atom stereocenters. The second-order valence-electron chi connectivity index (χ2n) is 4.57. The van der Waals surface area contributed by atoms with Crippen LogP contribution in [0.5, 0.6) is 5.75 Å². The lowest BCUT2D eigenvalue weighted by atomic mass is 10.2. The first-order valence-electron chi connectivity index (χ1n) is 6.69. The first kappa shape index (κ1) is 15.4. The first-order valence-corrected chi connectivity index (χ1v) is 7.48. The Bertz CT molecular complexity index is 624. The van der Waals surface area contributed by atoms with Gasteiger partial charge in [-0.2, -0.15) is 0 Å². The summed E-state index contributed by atoms with van der Waals surface area (Å²) in [5, 5.41) is 2.85. The molecule has 0 heterocycles. The smallest absolute Gasteiger partial charge is 0.255 e. The molecule has 0 saturated carbocycles. The Kier molecular flexibility index (Phi) is 5.22. The highest BCUT2D eigenvalue weighted by Crippen LogP contribution is 2.25. The van der Waals surface area contributed by atoms with Crippen molar-refractivity contribution in [2.75, 3.05) is 17.7 Å². The van der Waals surface area contributed by atoms with Gasteiger partial charge in [-0.15, -0.1) is 0 Å². The molecule has 0 bridgehead atoms. The Morgan fingerprint density at radius 3 is 2.76 bits per heavy atom. The van der Waals surface area contributed by atoms with E-state index in [0.717, 1.165) is 10.9 Å². The van der Waals surface area contributed by atoms with Crippen LogP contribution < -0.4 is 15.8 Å². The minimum atomic E-state index is -0.226. The van der Waals surface area contributed by atoms with E-state index in [0.29, 0.717) is 29.3 Å². The SMILES string of the molecule is CCCOc1ccccc1NC(=O)c1cc(N)cc(Br)c1. The van der Waals surface area contributed by atoms with Crippen LogP contribution in [0, 0.1) is 0 Å². The summed E-state index contributed by atoms with van der Waals surface area (Å²) in [4.78, 5) is 12.3. The number of carbonyl (C=O) groups is 1. The van der Waals surface area contributed by atoms with Gasteiger partial charge >= 0.3 is 0 Å². The van der Waals surface area contributed by atoms with E-state index >= 15 is 0 Å². The van der Waals surface area contributed by atoms with E-state index in [2.05, 4.69) is 21.2 Å². The van der Waals surface area contributed by atoms with Crippen LogP contribution in [-0.4, -0.2) is 12.5 Å². The maximum Gasteiger partial charge on any atom is 0.255 e. The number of carbonyl (C=O) groups excluding carboxylic acids is 1. The number of benzene rings is 2. The van der Waals surface area contributed by atoms with Crippen LogP contribution in [0.1, 0.15) is 23.7 Å². The fraction of sp³-hybridized carbons (Fsp3) is 0.188. The van der Waals surface area contributed by atoms with Crippen molar-refractivity contribution < 1.29 is 9.53 Å². The fourth-order valence-corrected chi connectivity index (χ4v) is 2.36. The third kappa shape index (κ3) is 4.23. The predicted octanol–water partition coefficient (Wildman–Crippen LogP) is 4.07. The van der Waals surface area contributed by atoms with Gasteiger partial charge in [-0.1, -0.05) is 35.0 Å². The lowest BCUT2D eigenvalue weighted by Crippen LogP contribution is -2.13. The van der Waals surface area contributed by atoms with Gasteiger partial charge in [-0.3, -0.25) is 4.79 Å². The molecule has 1 amide bonds. The lowest BCUT2D eigenvalue weighted by Gasteiger charge is -2.12. The van der Waals surface area contributed by atoms with Crippen molar-refractivity contribution >= 4 is 33.2 Å². The van der Waals surface area contributed by atoms with Crippen LogP contribution >= 0.6 is 15.9 Å². The number of nitrogens with one attached hydrogen (secondary N) is 1.